The normalized spacial score (nSPS) is 18.2. The van der Waals surface area contributed by atoms with Crippen LogP contribution in [0.2, 0.25) is 0 Å². The number of fused-ring (bicyclic) bond motifs is 1. The highest BCUT2D eigenvalue weighted by atomic mass is 127. The number of halogens is 1. The first kappa shape index (κ1) is 11.7. The van der Waals surface area contributed by atoms with Gasteiger partial charge >= 0.3 is 0 Å². The summed E-state index contributed by atoms with van der Waals surface area (Å²) in [6.45, 7) is 3.11. The summed E-state index contributed by atoms with van der Waals surface area (Å²) < 4.78 is 0. The SMILES string of the molecule is I.c1ccc2c(c1)CN=C(N1CCCC1)N2. The predicted molar refractivity (Wildman–Crippen MR) is 77.4 cm³/mol. The molecule has 0 amide bonds. The van der Waals surface area contributed by atoms with Crippen LogP contribution in [-0.2, 0) is 6.54 Å². The van der Waals surface area contributed by atoms with Crippen molar-refractivity contribution >= 4 is 35.6 Å². The number of nitrogens with zero attached hydrogens (tertiary/aromatic N) is 2. The summed E-state index contributed by atoms with van der Waals surface area (Å²) in [5.41, 5.74) is 2.51. The van der Waals surface area contributed by atoms with Crippen molar-refractivity contribution in [2.24, 2.45) is 4.99 Å². The molecule has 2 aliphatic rings. The molecular formula is C12H16IN3. The molecule has 1 saturated heterocycles. The van der Waals surface area contributed by atoms with Gasteiger partial charge in [-0.2, -0.15) is 0 Å². The largest absolute Gasteiger partial charge is 0.343 e. The van der Waals surface area contributed by atoms with Gasteiger partial charge in [0, 0.05) is 18.8 Å². The Morgan fingerprint density at radius 1 is 1.12 bits per heavy atom. The third-order valence-electron chi connectivity index (χ3n) is 3.07. The van der Waals surface area contributed by atoms with Crippen LogP contribution in [0.5, 0.6) is 0 Å². The van der Waals surface area contributed by atoms with Gasteiger partial charge in [-0.15, -0.1) is 24.0 Å². The van der Waals surface area contributed by atoms with Crippen LogP contribution < -0.4 is 5.32 Å². The molecule has 3 nitrogen and oxygen atoms in total. The maximum atomic E-state index is 4.58. The number of hydrogen-bond acceptors (Lipinski definition) is 3. The molecule has 0 aromatic heterocycles. The Hall–Kier alpha value is -0.780. The van der Waals surface area contributed by atoms with E-state index in [-0.39, 0.29) is 24.0 Å². The van der Waals surface area contributed by atoms with Crippen molar-refractivity contribution in [3.63, 3.8) is 0 Å². The molecule has 2 aliphatic heterocycles. The molecular weight excluding hydrogens is 313 g/mol. The van der Waals surface area contributed by atoms with Gasteiger partial charge in [-0.1, -0.05) is 18.2 Å². The maximum absolute atomic E-state index is 4.58. The second-order valence-electron chi connectivity index (χ2n) is 4.12. The van der Waals surface area contributed by atoms with Crippen LogP contribution in [0.25, 0.3) is 0 Å². The molecule has 1 aromatic carbocycles. The highest BCUT2D eigenvalue weighted by molar-refractivity contribution is 14.0. The Labute approximate surface area is 113 Å². The van der Waals surface area contributed by atoms with Gasteiger partial charge in [0.2, 0.25) is 0 Å². The van der Waals surface area contributed by atoms with Gasteiger partial charge in [0.05, 0.1) is 6.54 Å². The Kier molecular flexibility index (Phi) is 3.68. The molecule has 4 heteroatoms. The minimum atomic E-state index is 0. The zero-order valence-electron chi connectivity index (χ0n) is 9.15. The topological polar surface area (TPSA) is 27.6 Å². The van der Waals surface area contributed by atoms with E-state index in [4.69, 9.17) is 0 Å². The summed E-state index contributed by atoms with van der Waals surface area (Å²) in [5.74, 6) is 1.06. The second-order valence-corrected chi connectivity index (χ2v) is 4.12. The average Bonchev–Trinajstić information content (AvgIpc) is 2.82. The lowest BCUT2D eigenvalue weighted by Gasteiger charge is -2.25. The van der Waals surface area contributed by atoms with Crippen molar-refractivity contribution < 1.29 is 0 Å². The van der Waals surface area contributed by atoms with Crippen LogP contribution in [-0.4, -0.2) is 23.9 Å². The molecule has 0 aliphatic carbocycles. The molecule has 0 bridgehead atoms. The van der Waals surface area contributed by atoms with Crippen LogP contribution in [0.15, 0.2) is 29.3 Å². The molecule has 1 N–H and O–H groups in total. The number of guanidine groups is 1. The summed E-state index contributed by atoms with van der Waals surface area (Å²) >= 11 is 0. The molecule has 1 aromatic rings. The van der Waals surface area contributed by atoms with Crippen LogP contribution >= 0.6 is 24.0 Å². The highest BCUT2D eigenvalue weighted by Gasteiger charge is 2.19. The molecule has 0 unspecified atom stereocenters. The molecule has 0 spiro atoms. The first-order valence-electron chi connectivity index (χ1n) is 5.58. The summed E-state index contributed by atoms with van der Waals surface area (Å²) in [7, 11) is 0. The van der Waals surface area contributed by atoms with Crippen LogP contribution in [0.3, 0.4) is 0 Å². The number of hydrogen-bond donors (Lipinski definition) is 1. The van der Waals surface area contributed by atoms with E-state index in [9.17, 15) is 0 Å². The zero-order chi connectivity index (χ0) is 10.1. The molecule has 2 heterocycles. The number of aliphatic imine (C=N–C) groups is 1. The van der Waals surface area contributed by atoms with Crippen molar-refractivity contribution in [1.82, 2.24) is 4.90 Å². The maximum Gasteiger partial charge on any atom is 0.198 e. The van der Waals surface area contributed by atoms with Gasteiger partial charge in [0.1, 0.15) is 0 Å². The fourth-order valence-electron chi connectivity index (χ4n) is 2.21. The van der Waals surface area contributed by atoms with Gasteiger partial charge in [-0.05, 0) is 24.5 Å². The molecule has 0 saturated carbocycles. The lowest BCUT2D eigenvalue weighted by atomic mass is 10.1. The lowest BCUT2D eigenvalue weighted by Crippen LogP contribution is -2.35. The van der Waals surface area contributed by atoms with E-state index in [0.717, 1.165) is 25.6 Å². The fourth-order valence-corrected chi connectivity index (χ4v) is 2.21. The van der Waals surface area contributed by atoms with Crippen molar-refractivity contribution in [2.75, 3.05) is 18.4 Å². The minimum Gasteiger partial charge on any atom is -0.343 e. The number of para-hydroxylation sites is 1. The van der Waals surface area contributed by atoms with E-state index in [0.29, 0.717) is 0 Å². The molecule has 86 valence electrons. The molecule has 1 fully saturated rings. The Morgan fingerprint density at radius 3 is 2.69 bits per heavy atom. The number of likely N-dealkylation sites (tertiary alicyclic amines) is 1. The highest BCUT2D eigenvalue weighted by Crippen LogP contribution is 2.21. The third kappa shape index (κ3) is 2.16. The van der Waals surface area contributed by atoms with E-state index in [2.05, 4.69) is 39.5 Å². The fraction of sp³-hybridized carbons (Fsp3) is 0.417. The van der Waals surface area contributed by atoms with E-state index in [1.165, 1.54) is 24.1 Å². The number of nitrogens with one attached hydrogen (secondary N) is 1. The lowest BCUT2D eigenvalue weighted by molar-refractivity contribution is 0.513. The second kappa shape index (κ2) is 5.03. The monoisotopic (exact) mass is 329 g/mol. The van der Waals surface area contributed by atoms with Crippen molar-refractivity contribution in [3.8, 4) is 0 Å². The van der Waals surface area contributed by atoms with Crippen molar-refractivity contribution in [2.45, 2.75) is 19.4 Å². The third-order valence-corrected chi connectivity index (χ3v) is 3.07. The van der Waals surface area contributed by atoms with Gasteiger partial charge < -0.3 is 10.2 Å². The quantitative estimate of drug-likeness (QED) is 0.741. The zero-order valence-corrected chi connectivity index (χ0v) is 11.5. The Morgan fingerprint density at radius 2 is 1.88 bits per heavy atom. The molecule has 0 radical (unpaired) electrons. The van der Waals surface area contributed by atoms with Crippen molar-refractivity contribution in [1.29, 1.82) is 0 Å². The molecule has 3 rings (SSSR count). The van der Waals surface area contributed by atoms with E-state index in [1.54, 1.807) is 0 Å². The minimum absolute atomic E-state index is 0. The summed E-state index contributed by atoms with van der Waals surface area (Å²) in [5, 5.41) is 3.41. The smallest absolute Gasteiger partial charge is 0.198 e. The van der Waals surface area contributed by atoms with E-state index in [1.807, 2.05) is 0 Å². The Bertz CT molecular complexity index is 397. The summed E-state index contributed by atoms with van der Waals surface area (Å²) in [6.07, 6.45) is 2.59. The predicted octanol–water partition coefficient (Wildman–Crippen LogP) is 2.68. The van der Waals surface area contributed by atoms with Gasteiger partial charge in [-0.3, -0.25) is 0 Å². The number of rotatable bonds is 0. The van der Waals surface area contributed by atoms with E-state index < -0.39 is 0 Å². The number of benzene rings is 1. The summed E-state index contributed by atoms with van der Waals surface area (Å²) in [6, 6.07) is 8.39. The number of anilines is 1. The summed E-state index contributed by atoms with van der Waals surface area (Å²) in [4.78, 5) is 6.93. The standard InChI is InChI=1S/C12H15N3.HI/c1-2-6-11-10(5-1)9-13-12(14-11)15-7-3-4-8-15;/h1-2,5-6H,3-4,7-9H2,(H,13,14);1H. The van der Waals surface area contributed by atoms with Crippen LogP contribution in [0.1, 0.15) is 18.4 Å². The Balaban J connectivity index is 0.000000963. The van der Waals surface area contributed by atoms with Crippen molar-refractivity contribution in [3.05, 3.63) is 29.8 Å². The molecule has 16 heavy (non-hydrogen) atoms. The van der Waals surface area contributed by atoms with E-state index >= 15 is 0 Å². The average molecular weight is 329 g/mol. The van der Waals surface area contributed by atoms with Gasteiger partial charge in [0.15, 0.2) is 5.96 Å². The van der Waals surface area contributed by atoms with Crippen LogP contribution in [0.4, 0.5) is 5.69 Å². The van der Waals surface area contributed by atoms with Gasteiger partial charge in [-0.25, -0.2) is 4.99 Å². The first-order chi connectivity index (χ1) is 7.43. The first-order valence-corrected chi connectivity index (χ1v) is 5.58. The van der Waals surface area contributed by atoms with Gasteiger partial charge in [0.25, 0.3) is 0 Å². The van der Waals surface area contributed by atoms with Crippen LogP contribution in [0, 0.1) is 0 Å². The molecule has 0 atom stereocenters.